The monoisotopic (exact) mass is 598 g/mol. The van der Waals surface area contributed by atoms with E-state index in [0.29, 0.717) is 11.1 Å². The molecule has 0 aromatic heterocycles. The lowest BCUT2D eigenvalue weighted by Gasteiger charge is -2.49. The van der Waals surface area contributed by atoms with Crippen LogP contribution in [-0.2, 0) is 19.2 Å². The third-order valence-electron chi connectivity index (χ3n) is 8.86. The number of anilines is 1. The number of alkyl halides is 2. The average Bonchev–Trinajstić information content (AvgIpc) is 3.27. The Bertz CT molecular complexity index is 1580. The van der Waals surface area contributed by atoms with Gasteiger partial charge in [-0.3, -0.25) is 24.1 Å². The maximum Gasteiger partial charge on any atom is 0.258 e. The van der Waals surface area contributed by atoms with Gasteiger partial charge in [0.05, 0.1) is 24.6 Å². The van der Waals surface area contributed by atoms with Crippen molar-refractivity contribution in [3.05, 3.63) is 71.6 Å². The Hall–Kier alpha value is -3.69. The van der Waals surface area contributed by atoms with Crippen molar-refractivity contribution in [1.82, 2.24) is 4.90 Å². The van der Waals surface area contributed by atoms with Crippen molar-refractivity contribution in [3.8, 4) is 11.5 Å². The molecule has 6 rings (SSSR count). The Morgan fingerprint density at radius 2 is 1.73 bits per heavy atom. The lowest BCUT2D eigenvalue weighted by atomic mass is 9.57. The molecule has 0 radical (unpaired) electrons. The van der Waals surface area contributed by atoms with Crippen molar-refractivity contribution in [2.75, 3.05) is 19.1 Å². The fraction of sp³-hybridized carbons (Fsp3) is 0.333. The number of carbonyl (C=O) groups is 4. The SMILES string of the molecule is COc1cc(C=CC2C3=CCC4C(=O)N(C)C(=O)C4C3CC3(Cl)C(=O)N(c4ccc(F)cc4)C(=O)C23Cl)ccc1O. The number of carbonyl (C=O) groups excluding carboxylic acids is 4. The van der Waals surface area contributed by atoms with Crippen LogP contribution in [0.3, 0.4) is 0 Å². The Balaban J connectivity index is 1.51. The molecule has 212 valence electrons. The minimum absolute atomic E-state index is 0.0583. The van der Waals surface area contributed by atoms with Gasteiger partial charge in [0.2, 0.25) is 11.8 Å². The van der Waals surface area contributed by atoms with Crippen molar-refractivity contribution < 1.29 is 33.4 Å². The van der Waals surface area contributed by atoms with Gasteiger partial charge in [0.25, 0.3) is 11.8 Å². The molecule has 6 unspecified atom stereocenters. The average molecular weight is 599 g/mol. The van der Waals surface area contributed by atoms with E-state index in [-0.39, 0.29) is 41.8 Å². The summed E-state index contributed by atoms with van der Waals surface area (Å²) in [5, 5.41) is 10.0. The highest BCUT2D eigenvalue weighted by Crippen LogP contribution is 2.63. The molecule has 2 aliphatic carbocycles. The molecule has 0 spiro atoms. The molecule has 4 amide bonds. The summed E-state index contributed by atoms with van der Waals surface area (Å²) in [5.41, 5.74) is 1.37. The fourth-order valence-corrected chi connectivity index (χ4v) is 7.70. The maximum absolute atomic E-state index is 14.2. The van der Waals surface area contributed by atoms with E-state index in [9.17, 15) is 28.7 Å². The number of nitrogens with zero attached hydrogens (tertiary/aromatic N) is 2. The number of methoxy groups -OCH3 is 1. The predicted octanol–water partition coefficient (Wildman–Crippen LogP) is 4.28. The summed E-state index contributed by atoms with van der Waals surface area (Å²) in [6, 6.07) is 9.53. The smallest absolute Gasteiger partial charge is 0.258 e. The van der Waals surface area contributed by atoms with Crippen molar-refractivity contribution >= 4 is 58.6 Å². The van der Waals surface area contributed by atoms with E-state index in [2.05, 4.69) is 0 Å². The molecule has 2 heterocycles. The standard InChI is InChI=1S/C30H25Cl2FN2O6/c1-34-25(37)19-10-9-18-20(24(19)26(34)38)14-29(31)27(39)35(17-7-5-16(33)6-8-17)28(40)30(29,32)21(18)11-3-15-4-12-22(36)23(13-15)41-2/h3-9,11-13,19-21,24,36H,10,14H2,1-2H3. The summed E-state index contributed by atoms with van der Waals surface area (Å²) in [7, 11) is 2.85. The Kier molecular flexibility index (Phi) is 6.32. The lowest BCUT2D eigenvalue weighted by Crippen LogP contribution is -2.60. The molecular weight excluding hydrogens is 574 g/mol. The van der Waals surface area contributed by atoms with E-state index >= 15 is 0 Å². The van der Waals surface area contributed by atoms with Crippen LogP contribution in [0, 0.1) is 29.5 Å². The molecule has 1 saturated carbocycles. The number of fused-ring (bicyclic) bond motifs is 4. The Labute approximate surface area is 245 Å². The second-order valence-electron chi connectivity index (χ2n) is 10.8. The molecule has 2 saturated heterocycles. The predicted molar refractivity (Wildman–Crippen MR) is 149 cm³/mol. The van der Waals surface area contributed by atoms with Gasteiger partial charge >= 0.3 is 0 Å². The van der Waals surface area contributed by atoms with Gasteiger partial charge < -0.3 is 9.84 Å². The number of aromatic hydroxyl groups is 1. The van der Waals surface area contributed by atoms with E-state index in [1.54, 1.807) is 24.3 Å². The summed E-state index contributed by atoms with van der Waals surface area (Å²) in [4.78, 5) is 52.3. The van der Waals surface area contributed by atoms with Gasteiger partial charge in [-0.15, -0.1) is 23.2 Å². The van der Waals surface area contributed by atoms with Crippen molar-refractivity contribution in [3.63, 3.8) is 0 Å². The number of hydrogen-bond donors (Lipinski definition) is 1. The summed E-state index contributed by atoms with van der Waals surface area (Å²) in [5.74, 6) is -5.52. The lowest BCUT2D eigenvalue weighted by molar-refractivity contribution is -0.138. The first kappa shape index (κ1) is 27.5. The van der Waals surface area contributed by atoms with Gasteiger partial charge in [-0.2, -0.15) is 0 Å². The van der Waals surface area contributed by atoms with Crippen molar-refractivity contribution in [2.45, 2.75) is 22.6 Å². The number of allylic oxidation sites excluding steroid dienone is 3. The number of likely N-dealkylation sites (tertiary alicyclic amines) is 1. The normalized spacial score (nSPS) is 32.8. The minimum Gasteiger partial charge on any atom is -0.504 e. The van der Waals surface area contributed by atoms with Crippen LogP contribution in [0.1, 0.15) is 18.4 Å². The van der Waals surface area contributed by atoms with Crippen LogP contribution in [0.15, 0.2) is 60.2 Å². The zero-order valence-electron chi connectivity index (χ0n) is 22.0. The largest absolute Gasteiger partial charge is 0.504 e. The van der Waals surface area contributed by atoms with Gasteiger partial charge in [0.15, 0.2) is 21.2 Å². The number of halogens is 3. The number of phenols is 1. The van der Waals surface area contributed by atoms with Gasteiger partial charge in [0, 0.05) is 13.0 Å². The summed E-state index contributed by atoms with van der Waals surface area (Å²) >= 11 is 14.4. The maximum atomic E-state index is 14.2. The molecule has 3 fully saturated rings. The Morgan fingerprint density at radius 3 is 2.41 bits per heavy atom. The molecule has 6 atom stereocenters. The molecule has 11 heteroatoms. The van der Waals surface area contributed by atoms with Gasteiger partial charge in [-0.25, -0.2) is 9.29 Å². The van der Waals surface area contributed by atoms with Gasteiger partial charge in [0.1, 0.15) is 5.82 Å². The fourth-order valence-electron chi connectivity index (χ4n) is 6.81. The summed E-state index contributed by atoms with van der Waals surface area (Å²) < 4.78 is 18.9. The molecule has 41 heavy (non-hydrogen) atoms. The molecule has 1 N–H and O–H groups in total. The van der Waals surface area contributed by atoms with Gasteiger partial charge in [-0.05, 0) is 60.7 Å². The van der Waals surface area contributed by atoms with E-state index in [4.69, 9.17) is 27.9 Å². The first-order valence-electron chi connectivity index (χ1n) is 13.0. The zero-order chi connectivity index (χ0) is 29.4. The van der Waals surface area contributed by atoms with Crippen molar-refractivity contribution in [1.29, 1.82) is 0 Å². The number of imide groups is 2. The second kappa shape index (κ2) is 9.42. The van der Waals surface area contributed by atoms with Crippen LogP contribution in [0.25, 0.3) is 6.08 Å². The topological polar surface area (TPSA) is 104 Å². The highest BCUT2D eigenvalue weighted by Gasteiger charge is 2.76. The molecule has 8 nitrogen and oxygen atoms in total. The molecule has 2 aromatic carbocycles. The van der Waals surface area contributed by atoms with E-state index < -0.39 is 51.1 Å². The second-order valence-corrected chi connectivity index (χ2v) is 12.1. The van der Waals surface area contributed by atoms with Gasteiger partial charge in [-0.1, -0.05) is 29.9 Å². The summed E-state index contributed by atoms with van der Waals surface area (Å²) in [6.45, 7) is 0. The van der Waals surface area contributed by atoms with Crippen LogP contribution < -0.4 is 9.64 Å². The van der Waals surface area contributed by atoms with Crippen LogP contribution in [0.5, 0.6) is 11.5 Å². The third kappa shape index (κ3) is 3.71. The quantitative estimate of drug-likeness (QED) is 0.320. The van der Waals surface area contributed by atoms with E-state index in [1.807, 2.05) is 6.08 Å². The first-order chi connectivity index (χ1) is 19.4. The number of amides is 4. The molecule has 2 aromatic rings. The molecular formula is C30H25Cl2FN2O6. The Morgan fingerprint density at radius 1 is 1.02 bits per heavy atom. The van der Waals surface area contributed by atoms with Crippen LogP contribution >= 0.6 is 23.2 Å². The number of ether oxygens (including phenoxy) is 1. The van der Waals surface area contributed by atoms with Crippen LogP contribution in [-0.4, -0.2) is 57.5 Å². The molecule has 4 aliphatic rings. The molecule has 2 aliphatic heterocycles. The first-order valence-corrected chi connectivity index (χ1v) is 13.8. The minimum atomic E-state index is -2.00. The van der Waals surface area contributed by atoms with E-state index in [1.165, 1.54) is 32.4 Å². The number of phenolic OH excluding ortho intramolecular Hbond substituents is 1. The molecule has 0 bridgehead atoms. The highest BCUT2D eigenvalue weighted by molar-refractivity contribution is 6.57. The summed E-state index contributed by atoms with van der Waals surface area (Å²) in [6.07, 6.45) is 5.31. The number of hydrogen-bond acceptors (Lipinski definition) is 6. The van der Waals surface area contributed by atoms with Crippen LogP contribution in [0.4, 0.5) is 10.1 Å². The zero-order valence-corrected chi connectivity index (χ0v) is 23.5. The highest BCUT2D eigenvalue weighted by atomic mass is 35.5. The van der Waals surface area contributed by atoms with Crippen LogP contribution in [0.2, 0.25) is 0 Å². The number of benzene rings is 2. The van der Waals surface area contributed by atoms with E-state index in [0.717, 1.165) is 21.9 Å². The van der Waals surface area contributed by atoms with Crippen molar-refractivity contribution in [2.24, 2.45) is 23.7 Å². The number of rotatable bonds is 4. The third-order valence-corrected chi connectivity index (χ3v) is 10.3.